The van der Waals surface area contributed by atoms with Crippen LogP contribution in [0.1, 0.15) is 0 Å². The second-order valence-corrected chi connectivity index (χ2v) is 5.59. The third-order valence-electron chi connectivity index (χ3n) is 2.79. The van der Waals surface area contributed by atoms with Gasteiger partial charge < -0.3 is 5.73 Å². The minimum absolute atomic E-state index is 0.0322. The molecule has 0 aliphatic carbocycles. The monoisotopic (exact) mass is 317 g/mol. The summed E-state index contributed by atoms with van der Waals surface area (Å²) in [4.78, 5) is -0.366. The molecule has 0 radical (unpaired) electrons. The van der Waals surface area contributed by atoms with E-state index in [1.54, 1.807) is 30.3 Å². The van der Waals surface area contributed by atoms with Gasteiger partial charge in [-0.15, -0.1) is 0 Å². The first-order valence-electron chi connectivity index (χ1n) is 5.92. The molecule has 0 heterocycles. The minimum atomic E-state index is -4.53. The van der Waals surface area contributed by atoms with E-state index in [2.05, 4.69) is 10.5 Å². The molecule has 0 saturated carbocycles. The minimum Gasteiger partial charge on any atom is -0.382 e. The van der Waals surface area contributed by atoms with E-state index in [9.17, 15) is 13.0 Å². The van der Waals surface area contributed by atoms with E-state index in [1.807, 2.05) is 0 Å². The summed E-state index contributed by atoms with van der Waals surface area (Å²) in [5, 5.41) is 20.4. The molecule has 8 nitrogen and oxygen atoms in total. The maximum absolute atomic E-state index is 11.7. The van der Waals surface area contributed by atoms with Crippen LogP contribution in [-0.4, -0.2) is 24.5 Å². The van der Waals surface area contributed by atoms with Gasteiger partial charge in [0.1, 0.15) is 11.0 Å². The summed E-state index contributed by atoms with van der Waals surface area (Å²) in [6.45, 7) is 0. The molecule has 0 unspecified atom stereocenters. The fourth-order valence-corrected chi connectivity index (χ4v) is 2.73. The van der Waals surface area contributed by atoms with Gasteiger partial charge in [0.25, 0.3) is 10.1 Å². The lowest BCUT2D eigenvalue weighted by molar-refractivity contribution is 0.484. The lowest BCUT2D eigenvalue weighted by Crippen LogP contribution is -2.22. The number of hydrazone groups is 1. The number of hydrogen-bond donors (Lipinski definition) is 4. The molecule has 5 N–H and O–H groups in total. The van der Waals surface area contributed by atoms with Crippen molar-refractivity contribution in [3.63, 3.8) is 0 Å². The van der Waals surface area contributed by atoms with E-state index >= 15 is 0 Å². The van der Waals surface area contributed by atoms with Gasteiger partial charge in [0, 0.05) is 5.39 Å². The lowest BCUT2D eigenvalue weighted by Gasteiger charge is -2.10. The number of rotatable bonds is 4. The Labute approximate surface area is 126 Å². The highest BCUT2D eigenvalue weighted by atomic mass is 32.2. The molecular weight excluding hydrogens is 306 g/mol. The first kappa shape index (κ1) is 15.4. The molecular formula is C13H11N5O3S. The first-order chi connectivity index (χ1) is 10.3. The van der Waals surface area contributed by atoms with Crippen molar-refractivity contribution in [3.05, 3.63) is 36.4 Å². The Morgan fingerprint density at radius 3 is 2.59 bits per heavy atom. The van der Waals surface area contributed by atoms with Gasteiger partial charge in [-0.25, -0.2) is 0 Å². The molecule has 2 rings (SSSR count). The van der Waals surface area contributed by atoms with E-state index in [4.69, 9.17) is 16.4 Å². The molecule has 0 aromatic heterocycles. The number of fused-ring (bicyclic) bond motifs is 1. The molecule has 0 atom stereocenters. The van der Waals surface area contributed by atoms with Crippen LogP contribution in [0.3, 0.4) is 0 Å². The maximum Gasteiger partial charge on any atom is 0.297 e. The summed E-state index contributed by atoms with van der Waals surface area (Å²) in [6.07, 6.45) is 0. The van der Waals surface area contributed by atoms with Crippen LogP contribution in [0.4, 0.5) is 5.69 Å². The van der Waals surface area contributed by atoms with Crippen molar-refractivity contribution in [2.75, 3.05) is 5.43 Å². The Bertz CT molecular complexity index is 928. The van der Waals surface area contributed by atoms with Gasteiger partial charge in [-0.1, -0.05) is 30.3 Å². The SMILES string of the molecule is N#C/C(=N\Nc1ccc2ccccc2c1S(=O)(=O)O)C(=N)N. The molecule has 0 amide bonds. The molecule has 22 heavy (non-hydrogen) atoms. The first-order valence-corrected chi connectivity index (χ1v) is 7.36. The largest absolute Gasteiger partial charge is 0.382 e. The second kappa shape index (κ2) is 5.80. The van der Waals surface area contributed by atoms with Crippen LogP contribution in [-0.2, 0) is 10.1 Å². The number of amidine groups is 1. The molecule has 0 saturated heterocycles. The van der Waals surface area contributed by atoms with Crippen molar-refractivity contribution in [1.29, 1.82) is 10.7 Å². The van der Waals surface area contributed by atoms with Crippen molar-refractivity contribution >= 4 is 38.1 Å². The average molecular weight is 317 g/mol. The summed E-state index contributed by atoms with van der Waals surface area (Å²) in [5.74, 6) is -0.566. The number of anilines is 1. The van der Waals surface area contributed by atoms with Gasteiger partial charge in [-0.2, -0.15) is 18.8 Å². The lowest BCUT2D eigenvalue weighted by atomic mass is 10.1. The summed E-state index contributed by atoms with van der Waals surface area (Å²) < 4.78 is 32.8. The maximum atomic E-state index is 11.7. The van der Waals surface area contributed by atoms with Crippen molar-refractivity contribution in [2.24, 2.45) is 10.8 Å². The molecule has 9 heteroatoms. The van der Waals surface area contributed by atoms with Crippen LogP contribution in [0.2, 0.25) is 0 Å². The topological polar surface area (TPSA) is 152 Å². The summed E-state index contributed by atoms with van der Waals surface area (Å²) in [5.41, 5.74) is 7.06. The highest BCUT2D eigenvalue weighted by Gasteiger charge is 2.19. The Morgan fingerprint density at radius 2 is 2.00 bits per heavy atom. The third kappa shape index (κ3) is 3.03. The number of hydrogen-bond acceptors (Lipinski definition) is 6. The van der Waals surface area contributed by atoms with Crippen molar-refractivity contribution in [2.45, 2.75) is 4.90 Å². The number of nitrogens with one attached hydrogen (secondary N) is 2. The number of nitriles is 1. The highest BCUT2D eigenvalue weighted by Crippen LogP contribution is 2.30. The Hall–Kier alpha value is -2.96. The molecule has 0 fully saturated rings. The third-order valence-corrected chi connectivity index (χ3v) is 3.74. The smallest absolute Gasteiger partial charge is 0.297 e. The van der Waals surface area contributed by atoms with E-state index < -0.39 is 21.7 Å². The normalized spacial score (nSPS) is 11.9. The molecule has 2 aromatic rings. The second-order valence-electron chi connectivity index (χ2n) is 4.24. The number of nitrogens with zero attached hydrogens (tertiary/aromatic N) is 2. The fourth-order valence-electron chi connectivity index (χ4n) is 1.87. The molecule has 0 spiro atoms. The zero-order valence-corrected chi connectivity index (χ0v) is 11.9. The highest BCUT2D eigenvalue weighted by molar-refractivity contribution is 7.86. The molecule has 0 aliphatic rings. The van der Waals surface area contributed by atoms with Crippen LogP contribution < -0.4 is 11.2 Å². The Balaban J connectivity index is 2.65. The van der Waals surface area contributed by atoms with Gasteiger partial charge in [0.15, 0.2) is 5.84 Å². The number of benzene rings is 2. The standard InChI is InChI=1S/C13H11N5O3S/c14-7-11(13(15)16)18-17-10-6-5-8-3-1-2-4-9(8)12(10)22(19,20)21/h1-6,17H,(H3,15,16)(H,19,20,21)/b18-11+. The van der Waals surface area contributed by atoms with Crippen LogP contribution in [0, 0.1) is 16.7 Å². The van der Waals surface area contributed by atoms with Crippen LogP contribution in [0.25, 0.3) is 10.8 Å². The molecule has 2 aromatic carbocycles. The van der Waals surface area contributed by atoms with Crippen LogP contribution >= 0.6 is 0 Å². The van der Waals surface area contributed by atoms with Gasteiger partial charge >= 0.3 is 0 Å². The van der Waals surface area contributed by atoms with Gasteiger partial charge in [-0.05, 0) is 11.5 Å². The Kier molecular flexibility index (Phi) is 4.07. The van der Waals surface area contributed by atoms with E-state index in [0.717, 1.165) is 0 Å². The van der Waals surface area contributed by atoms with Crippen molar-refractivity contribution in [1.82, 2.24) is 0 Å². The predicted molar refractivity (Wildman–Crippen MR) is 82.3 cm³/mol. The average Bonchev–Trinajstić information content (AvgIpc) is 2.45. The molecule has 0 bridgehead atoms. The van der Waals surface area contributed by atoms with E-state index in [0.29, 0.717) is 10.8 Å². The van der Waals surface area contributed by atoms with Crippen molar-refractivity contribution < 1.29 is 13.0 Å². The van der Waals surface area contributed by atoms with Crippen LogP contribution in [0.5, 0.6) is 0 Å². The van der Waals surface area contributed by atoms with E-state index in [1.165, 1.54) is 12.1 Å². The zero-order valence-electron chi connectivity index (χ0n) is 11.1. The number of nitrogens with two attached hydrogens (primary N) is 1. The van der Waals surface area contributed by atoms with Gasteiger partial charge in [-0.3, -0.25) is 15.4 Å². The molecule has 112 valence electrons. The Morgan fingerprint density at radius 1 is 1.32 bits per heavy atom. The fraction of sp³-hybridized carbons (Fsp3) is 0. The zero-order chi connectivity index (χ0) is 16.3. The summed E-state index contributed by atoms with van der Waals surface area (Å²) in [7, 11) is -4.53. The predicted octanol–water partition coefficient (Wildman–Crippen LogP) is 1.31. The van der Waals surface area contributed by atoms with Crippen molar-refractivity contribution in [3.8, 4) is 6.07 Å². The van der Waals surface area contributed by atoms with Crippen LogP contribution in [0.15, 0.2) is 46.4 Å². The summed E-state index contributed by atoms with van der Waals surface area (Å²) in [6, 6.07) is 11.2. The summed E-state index contributed by atoms with van der Waals surface area (Å²) >= 11 is 0. The van der Waals surface area contributed by atoms with Gasteiger partial charge in [0.2, 0.25) is 5.71 Å². The quantitative estimate of drug-likeness (QED) is 0.289. The molecule has 0 aliphatic heterocycles. The van der Waals surface area contributed by atoms with Gasteiger partial charge in [0.05, 0.1) is 5.69 Å². The van der Waals surface area contributed by atoms with E-state index in [-0.39, 0.29) is 10.6 Å².